The zero-order valence-electron chi connectivity index (χ0n) is 6.95. The zero-order valence-corrected chi connectivity index (χ0v) is 8.10. The highest BCUT2D eigenvalue weighted by Crippen LogP contribution is 2.16. The topological polar surface area (TPSA) is 46.6 Å². The average molecular weight is 189 g/mol. The van der Waals surface area contributed by atoms with Crippen molar-refractivity contribution in [2.24, 2.45) is 5.92 Å². The Morgan fingerprint density at radius 3 is 3.00 bits per heavy atom. The summed E-state index contributed by atoms with van der Waals surface area (Å²) < 4.78 is 6.39. The molecule has 1 heterocycles. The lowest BCUT2D eigenvalue weighted by Crippen LogP contribution is -2.40. The summed E-state index contributed by atoms with van der Waals surface area (Å²) in [4.78, 5) is 22.2. The van der Waals surface area contributed by atoms with E-state index in [0.29, 0.717) is 19.5 Å². The van der Waals surface area contributed by atoms with Gasteiger partial charge in [-0.1, -0.05) is 9.39 Å². The second-order valence-electron chi connectivity index (χ2n) is 2.79. The van der Waals surface area contributed by atoms with E-state index in [1.165, 1.54) is 7.11 Å². The minimum Gasteiger partial charge on any atom is -0.468 e. The zero-order chi connectivity index (χ0) is 9.14. The molecule has 4 nitrogen and oxygen atoms in total. The number of methoxy groups -OCH3 is 1. The molecular weight excluding hydrogens is 177 g/mol. The smallest absolute Gasteiger partial charge is 0.317 e. The molecule has 0 radical (unpaired) electrons. The van der Waals surface area contributed by atoms with Crippen LogP contribution in [-0.4, -0.2) is 36.6 Å². The number of esters is 1. The fourth-order valence-corrected chi connectivity index (χ4v) is 1.54. The molecule has 5 heteroatoms. The van der Waals surface area contributed by atoms with Crippen molar-refractivity contribution in [3.8, 4) is 0 Å². The normalized spacial score (nSPS) is 25.5. The van der Waals surface area contributed by atoms with Crippen LogP contribution in [0.2, 0.25) is 0 Å². The number of rotatable bonds is 1. The van der Waals surface area contributed by atoms with Gasteiger partial charge in [0.2, 0.25) is 0 Å². The molecule has 0 aromatic rings. The van der Waals surface area contributed by atoms with Gasteiger partial charge in [-0.05, 0) is 0 Å². The number of piperidine rings is 1. The number of hydrogen-bond donors (Lipinski definition) is 0. The summed E-state index contributed by atoms with van der Waals surface area (Å²) in [5.74, 6) is -1.02. The molecule has 68 valence electrons. The number of ketones is 1. The quantitative estimate of drug-likeness (QED) is 0.326. The fraction of sp³-hybridized carbons (Fsp3) is 0.714. The highest BCUT2D eigenvalue weighted by molar-refractivity contribution is 7.13. The van der Waals surface area contributed by atoms with Gasteiger partial charge in [-0.15, -0.1) is 0 Å². The lowest BCUT2D eigenvalue weighted by molar-refractivity contribution is -0.150. The van der Waals surface area contributed by atoms with Crippen LogP contribution in [0.5, 0.6) is 0 Å². The van der Waals surface area contributed by atoms with Gasteiger partial charge in [0.05, 0.1) is 7.11 Å². The van der Waals surface area contributed by atoms with Crippen molar-refractivity contribution in [2.45, 2.75) is 6.42 Å². The molecule has 0 bridgehead atoms. The Labute approximate surface area is 73.5 Å². The minimum atomic E-state index is -0.582. The Morgan fingerprint density at radius 1 is 1.75 bits per heavy atom. The van der Waals surface area contributed by atoms with Gasteiger partial charge in [-0.2, -0.15) is 0 Å². The number of nitrogens with zero attached hydrogens (tertiary/aromatic N) is 1. The van der Waals surface area contributed by atoms with Crippen LogP contribution in [0.3, 0.4) is 0 Å². The molecule has 1 aliphatic heterocycles. The van der Waals surface area contributed by atoms with Crippen LogP contribution in [0.15, 0.2) is 0 Å². The van der Waals surface area contributed by atoms with Crippen molar-refractivity contribution in [3.63, 3.8) is 0 Å². The molecular formula is C7H12NO3P. The molecule has 12 heavy (non-hydrogen) atoms. The molecule has 2 atom stereocenters. The molecule has 1 rings (SSSR count). The van der Waals surface area contributed by atoms with Crippen LogP contribution in [0, 0.1) is 5.92 Å². The standard InChI is InChI=1S/C7H12NO3P/c1-11-7(10)5-4-8(12)3-2-6(5)9/h5H,2-4,12H2,1H3. The molecule has 2 unspecified atom stereocenters. The summed E-state index contributed by atoms with van der Waals surface area (Å²) in [6.45, 7) is 1.16. The minimum absolute atomic E-state index is 0.0134. The summed E-state index contributed by atoms with van der Waals surface area (Å²) in [5, 5.41) is 0. The Hall–Kier alpha value is -0.470. The monoisotopic (exact) mass is 189 g/mol. The van der Waals surface area contributed by atoms with E-state index in [1.54, 1.807) is 0 Å². The summed E-state index contributed by atoms with van der Waals surface area (Å²) in [6.07, 6.45) is 0.434. The first kappa shape index (κ1) is 9.62. The van der Waals surface area contributed by atoms with E-state index in [2.05, 4.69) is 14.1 Å². The third-order valence-corrected chi connectivity index (χ3v) is 2.41. The van der Waals surface area contributed by atoms with Crippen LogP contribution in [0.4, 0.5) is 0 Å². The summed E-state index contributed by atoms with van der Waals surface area (Å²) in [5.41, 5.74) is 0. The van der Waals surface area contributed by atoms with E-state index in [-0.39, 0.29) is 5.78 Å². The number of carbonyl (C=O) groups excluding carboxylic acids is 2. The first-order valence-electron chi connectivity index (χ1n) is 3.75. The lowest BCUT2D eigenvalue weighted by atomic mass is 9.98. The maximum absolute atomic E-state index is 11.2. The predicted octanol–water partition coefficient (Wildman–Crippen LogP) is -0.160. The van der Waals surface area contributed by atoms with Crippen molar-refractivity contribution in [2.75, 3.05) is 20.2 Å². The maximum atomic E-state index is 11.2. The molecule has 0 amide bonds. The highest BCUT2D eigenvalue weighted by atomic mass is 31.0. The second-order valence-corrected chi connectivity index (χ2v) is 3.52. The molecule has 1 saturated heterocycles. The first-order chi connectivity index (χ1) is 5.65. The van der Waals surface area contributed by atoms with Gasteiger partial charge in [0.15, 0.2) is 0 Å². The molecule has 0 spiro atoms. The summed E-state index contributed by atoms with van der Waals surface area (Å²) >= 11 is 0. The Morgan fingerprint density at radius 2 is 2.42 bits per heavy atom. The second kappa shape index (κ2) is 3.97. The van der Waals surface area contributed by atoms with Crippen molar-refractivity contribution >= 4 is 21.1 Å². The van der Waals surface area contributed by atoms with Crippen molar-refractivity contribution in [1.29, 1.82) is 0 Å². The molecule has 0 aliphatic carbocycles. The van der Waals surface area contributed by atoms with Gasteiger partial charge >= 0.3 is 5.97 Å². The molecule has 0 N–H and O–H groups in total. The van der Waals surface area contributed by atoms with Crippen LogP contribution in [0.1, 0.15) is 6.42 Å². The summed E-state index contributed by atoms with van der Waals surface area (Å²) in [7, 11) is 3.79. The van der Waals surface area contributed by atoms with Crippen molar-refractivity contribution in [3.05, 3.63) is 0 Å². The van der Waals surface area contributed by atoms with Gasteiger partial charge in [0.25, 0.3) is 0 Å². The number of Topliss-reactive ketones (excluding diaryl/α,β-unsaturated/α-hetero) is 1. The van der Waals surface area contributed by atoms with Crippen molar-refractivity contribution in [1.82, 2.24) is 4.67 Å². The van der Waals surface area contributed by atoms with E-state index in [4.69, 9.17) is 0 Å². The van der Waals surface area contributed by atoms with Crippen LogP contribution >= 0.6 is 9.39 Å². The van der Waals surface area contributed by atoms with Gasteiger partial charge in [0.1, 0.15) is 11.7 Å². The molecule has 0 aromatic heterocycles. The predicted molar refractivity (Wildman–Crippen MR) is 46.4 cm³/mol. The van der Waals surface area contributed by atoms with E-state index in [9.17, 15) is 9.59 Å². The van der Waals surface area contributed by atoms with Gasteiger partial charge in [0, 0.05) is 19.5 Å². The molecule has 1 aliphatic rings. The SMILES string of the molecule is COC(=O)C1CN(P)CCC1=O. The molecule has 0 aromatic carbocycles. The third-order valence-electron chi connectivity index (χ3n) is 1.94. The number of hydrogen-bond acceptors (Lipinski definition) is 4. The largest absolute Gasteiger partial charge is 0.468 e. The highest BCUT2D eigenvalue weighted by Gasteiger charge is 2.31. The van der Waals surface area contributed by atoms with E-state index >= 15 is 0 Å². The van der Waals surface area contributed by atoms with Crippen LogP contribution < -0.4 is 0 Å². The number of ether oxygens (including phenoxy) is 1. The van der Waals surface area contributed by atoms with Gasteiger partial charge in [-0.3, -0.25) is 14.3 Å². The lowest BCUT2D eigenvalue weighted by Gasteiger charge is -2.26. The Bertz CT molecular complexity index is 199. The maximum Gasteiger partial charge on any atom is 0.317 e. The van der Waals surface area contributed by atoms with Crippen LogP contribution in [-0.2, 0) is 14.3 Å². The van der Waals surface area contributed by atoms with Gasteiger partial charge in [-0.25, -0.2) is 0 Å². The molecule has 1 fully saturated rings. The van der Waals surface area contributed by atoms with E-state index in [0.717, 1.165) is 0 Å². The van der Waals surface area contributed by atoms with E-state index < -0.39 is 11.9 Å². The van der Waals surface area contributed by atoms with Crippen LogP contribution in [0.25, 0.3) is 0 Å². The van der Waals surface area contributed by atoms with E-state index in [1.807, 2.05) is 4.67 Å². The molecule has 0 saturated carbocycles. The summed E-state index contributed by atoms with van der Waals surface area (Å²) in [6, 6.07) is 0. The number of carbonyl (C=O) groups is 2. The Balaban J connectivity index is 2.60. The first-order valence-corrected chi connectivity index (χ1v) is 4.27. The van der Waals surface area contributed by atoms with Gasteiger partial charge < -0.3 is 4.74 Å². The van der Waals surface area contributed by atoms with Crippen molar-refractivity contribution < 1.29 is 14.3 Å². The third kappa shape index (κ3) is 2.02. The average Bonchev–Trinajstić information content (AvgIpc) is 2.08. The fourth-order valence-electron chi connectivity index (χ4n) is 1.20. The Kier molecular flexibility index (Phi) is 3.18.